The van der Waals surface area contributed by atoms with Crippen LogP contribution in [0.3, 0.4) is 0 Å². The van der Waals surface area contributed by atoms with Gasteiger partial charge in [0.25, 0.3) is 0 Å². The van der Waals surface area contributed by atoms with E-state index in [9.17, 15) is 23.7 Å². The summed E-state index contributed by atoms with van der Waals surface area (Å²) in [6, 6.07) is 0. The van der Waals surface area contributed by atoms with Crippen molar-refractivity contribution in [3.63, 3.8) is 0 Å². The summed E-state index contributed by atoms with van der Waals surface area (Å²) in [5.74, 6) is 0. The zero-order valence-corrected chi connectivity index (χ0v) is 13.7. The molecule has 1 aliphatic heterocycles. The van der Waals surface area contributed by atoms with Gasteiger partial charge in [-0.2, -0.15) is 18.4 Å². The molecule has 134 valence electrons. The number of hydrazone groups is 1. The molecule has 0 aromatic rings. The first-order valence-electron chi connectivity index (χ1n) is 6.58. The maximum absolute atomic E-state index is 10.7. The monoisotopic (exact) mass is 372 g/mol. The Hall–Kier alpha value is -0.730. The van der Waals surface area contributed by atoms with E-state index >= 15 is 0 Å². The predicted molar refractivity (Wildman–Crippen MR) is 82.9 cm³/mol. The summed E-state index contributed by atoms with van der Waals surface area (Å²) in [6.45, 7) is 2.93. The fraction of sp³-hybridized carbons (Fsp3) is 0.727. The Labute approximate surface area is 137 Å². The summed E-state index contributed by atoms with van der Waals surface area (Å²) in [5, 5.41) is 42.1. The van der Waals surface area contributed by atoms with E-state index in [-0.39, 0.29) is 11.5 Å². The van der Waals surface area contributed by atoms with E-state index < -0.39 is 46.8 Å². The lowest BCUT2D eigenvalue weighted by molar-refractivity contribution is -0.205. The molecule has 0 radical (unpaired) electrons. The molecule has 1 heterocycles. The second-order valence-corrected chi connectivity index (χ2v) is 7.02. The number of ether oxygens (including phenoxy) is 1. The second-order valence-electron chi connectivity index (χ2n) is 4.71. The minimum atomic E-state index is -4.54. The molecule has 0 aliphatic carbocycles. The fourth-order valence-corrected chi connectivity index (χ4v) is 3.16. The number of aliphatic hydroxyl groups is 4. The number of allylic oxidation sites excluding steroid dienone is 1. The van der Waals surface area contributed by atoms with E-state index in [1.165, 1.54) is 0 Å². The average Bonchev–Trinajstić information content (AvgIpc) is 2.49. The summed E-state index contributed by atoms with van der Waals surface area (Å²) in [5.41, 5.74) is -1.10. The first-order chi connectivity index (χ1) is 10.7. The van der Waals surface area contributed by atoms with Crippen LogP contribution in [0.25, 0.3) is 0 Å². The van der Waals surface area contributed by atoms with E-state index in [1.807, 2.05) is 0 Å². The van der Waals surface area contributed by atoms with Crippen LogP contribution in [0, 0.1) is 0 Å². The molecule has 6 N–H and O–H groups in total. The maximum atomic E-state index is 10.7. The highest BCUT2D eigenvalue weighted by Crippen LogP contribution is 2.30. The van der Waals surface area contributed by atoms with E-state index in [4.69, 9.17) is 14.4 Å². The molecule has 1 fully saturated rings. The van der Waals surface area contributed by atoms with Crippen LogP contribution in [-0.2, 0) is 15.0 Å². The Morgan fingerprint density at radius 3 is 2.48 bits per heavy atom. The highest BCUT2D eigenvalue weighted by atomic mass is 32.2. The van der Waals surface area contributed by atoms with Crippen molar-refractivity contribution >= 4 is 27.1 Å². The Balaban J connectivity index is 2.86. The SMILES string of the molecule is C=CCC/C(=N\NS(=O)(=O)O)SC1OC(CO)C(O)C(O)C1O. The van der Waals surface area contributed by atoms with Crippen molar-refractivity contribution in [2.45, 2.75) is 42.7 Å². The molecule has 12 heteroatoms. The summed E-state index contributed by atoms with van der Waals surface area (Å²) in [7, 11) is -4.54. The number of hydrogen-bond acceptors (Lipinski definition) is 9. The lowest BCUT2D eigenvalue weighted by Crippen LogP contribution is -2.57. The molecule has 0 saturated carbocycles. The van der Waals surface area contributed by atoms with Crippen molar-refractivity contribution in [2.24, 2.45) is 5.10 Å². The molecular formula is C11H20N2O8S2. The molecule has 5 atom stereocenters. The highest BCUT2D eigenvalue weighted by molar-refractivity contribution is 8.14. The van der Waals surface area contributed by atoms with Crippen molar-refractivity contribution in [1.82, 2.24) is 4.83 Å². The van der Waals surface area contributed by atoms with Gasteiger partial charge in [0.1, 0.15) is 29.9 Å². The van der Waals surface area contributed by atoms with Crippen LogP contribution in [0.1, 0.15) is 12.8 Å². The smallest absolute Gasteiger partial charge is 0.372 e. The Morgan fingerprint density at radius 1 is 1.30 bits per heavy atom. The topological polar surface area (TPSA) is 169 Å². The Bertz CT molecular complexity index is 524. The van der Waals surface area contributed by atoms with Crippen molar-refractivity contribution in [1.29, 1.82) is 0 Å². The molecule has 0 aromatic carbocycles. The van der Waals surface area contributed by atoms with E-state index in [2.05, 4.69) is 11.7 Å². The zero-order valence-electron chi connectivity index (χ0n) is 12.0. The molecule has 5 unspecified atom stereocenters. The van der Waals surface area contributed by atoms with E-state index in [1.54, 1.807) is 10.9 Å². The zero-order chi connectivity index (χ0) is 17.6. The van der Waals surface area contributed by atoms with Gasteiger partial charge in [-0.15, -0.1) is 6.58 Å². The summed E-state index contributed by atoms with van der Waals surface area (Å²) in [4.78, 5) is 1.54. The Morgan fingerprint density at radius 2 is 1.96 bits per heavy atom. The lowest BCUT2D eigenvalue weighted by atomic mass is 10.0. The van der Waals surface area contributed by atoms with E-state index in [0.717, 1.165) is 11.8 Å². The van der Waals surface area contributed by atoms with Crippen LogP contribution in [0.5, 0.6) is 0 Å². The average molecular weight is 372 g/mol. The summed E-state index contributed by atoms with van der Waals surface area (Å²) in [6.07, 6.45) is -3.40. The number of aliphatic hydroxyl groups excluding tert-OH is 4. The van der Waals surface area contributed by atoms with Crippen molar-refractivity contribution in [3.8, 4) is 0 Å². The molecule has 1 aliphatic rings. The van der Waals surface area contributed by atoms with Crippen LogP contribution in [0.4, 0.5) is 0 Å². The van der Waals surface area contributed by atoms with Gasteiger partial charge >= 0.3 is 10.3 Å². The van der Waals surface area contributed by atoms with Gasteiger partial charge in [0.05, 0.1) is 11.7 Å². The second kappa shape index (κ2) is 8.94. The lowest BCUT2D eigenvalue weighted by Gasteiger charge is -2.39. The third-order valence-corrected chi connectivity index (χ3v) is 4.46. The fourth-order valence-electron chi connectivity index (χ4n) is 1.77. The standard InChI is InChI=1S/C11H20N2O8S2/c1-2-3-4-7(12-13-23(18,19)20)22-11-10(17)9(16)8(15)6(5-14)21-11/h2,6,8-11,13-17H,1,3-5H2,(H,18,19,20)/b12-7+. The van der Waals surface area contributed by atoms with Gasteiger partial charge in [0, 0.05) is 6.42 Å². The van der Waals surface area contributed by atoms with Crippen LogP contribution < -0.4 is 4.83 Å². The minimum absolute atomic E-state index is 0.145. The number of rotatable bonds is 7. The van der Waals surface area contributed by atoms with Crippen molar-refractivity contribution < 1.29 is 38.1 Å². The molecule has 10 nitrogen and oxygen atoms in total. The van der Waals surface area contributed by atoms with Gasteiger partial charge in [-0.3, -0.25) is 4.55 Å². The number of hydrogen-bond donors (Lipinski definition) is 6. The van der Waals surface area contributed by atoms with Gasteiger partial charge in [-0.25, -0.2) is 0 Å². The van der Waals surface area contributed by atoms with Gasteiger partial charge in [-0.05, 0) is 6.42 Å². The molecule has 0 spiro atoms. The third kappa shape index (κ3) is 6.35. The molecule has 0 aromatic heterocycles. The van der Waals surface area contributed by atoms with Crippen LogP contribution in [-0.4, -0.2) is 74.9 Å². The minimum Gasteiger partial charge on any atom is -0.394 e. The number of nitrogens with zero attached hydrogens (tertiary/aromatic N) is 1. The molecule has 1 saturated heterocycles. The molecule has 0 amide bonds. The van der Waals surface area contributed by atoms with Gasteiger partial charge in [0.2, 0.25) is 0 Å². The predicted octanol–water partition coefficient (Wildman–Crippen LogP) is -1.81. The van der Waals surface area contributed by atoms with E-state index in [0.29, 0.717) is 6.42 Å². The first-order valence-corrected chi connectivity index (χ1v) is 8.90. The van der Waals surface area contributed by atoms with Crippen LogP contribution in [0.2, 0.25) is 0 Å². The highest BCUT2D eigenvalue weighted by Gasteiger charge is 2.44. The molecule has 1 rings (SSSR count). The normalized spacial score (nSPS) is 32.6. The van der Waals surface area contributed by atoms with Crippen LogP contribution >= 0.6 is 11.8 Å². The van der Waals surface area contributed by atoms with Crippen molar-refractivity contribution in [3.05, 3.63) is 12.7 Å². The molecule has 0 bridgehead atoms. The molecular weight excluding hydrogens is 352 g/mol. The largest absolute Gasteiger partial charge is 0.394 e. The number of nitrogens with one attached hydrogen (secondary N) is 1. The summed E-state index contributed by atoms with van der Waals surface area (Å²) < 4.78 is 35.3. The van der Waals surface area contributed by atoms with Crippen molar-refractivity contribution in [2.75, 3.05) is 6.61 Å². The number of thioether (sulfide) groups is 1. The van der Waals surface area contributed by atoms with Gasteiger partial charge in [0.15, 0.2) is 0 Å². The van der Waals surface area contributed by atoms with Crippen LogP contribution in [0.15, 0.2) is 17.8 Å². The molecule has 23 heavy (non-hydrogen) atoms. The maximum Gasteiger partial charge on any atom is 0.372 e. The Kier molecular flexibility index (Phi) is 7.89. The van der Waals surface area contributed by atoms with Gasteiger partial charge in [-0.1, -0.05) is 17.8 Å². The quantitative estimate of drug-likeness (QED) is 0.0991. The summed E-state index contributed by atoms with van der Waals surface area (Å²) >= 11 is 0.789. The first kappa shape index (κ1) is 20.3. The van der Waals surface area contributed by atoms with Gasteiger partial charge < -0.3 is 25.2 Å². The third-order valence-electron chi connectivity index (χ3n) is 2.95.